The predicted octanol–water partition coefficient (Wildman–Crippen LogP) is 1.41. The Morgan fingerprint density at radius 1 is 1.33 bits per heavy atom. The molecule has 1 fully saturated rings. The fourth-order valence-electron chi connectivity index (χ4n) is 1.89. The molecule has 0 atom stereocenters. The molecule has 0 spiro atoms. The maximum atomic E-state index is 11.7. The van der Waals surface area contributed by atoms with Gasteiger partial charge in [-0.15, -0.1) is 11.3 Å². The third kappa shape index (κ3) is 4.62. The Morgan fingerprint density at radius 3 is 2.67 bits per heavy atom. The number of hydrogen-bond acceptors (Lipinski definition) is 5. The van der Waals surface area contributed by atoms with Gasteiger partial charge in [0.2, 0.25) is 11.8 Å². The zero-order valence-corrected chi connectivity index (χ0v) is 13.7. The number of thiophene rings is 1. The molecule has 0 saturated carbocycles. The zero-order chi connectivity index (χ0) is 15.2. The molecule has 6 nitrogen and oxygen atoms in total. The number of likely N-dealkylation sites (tertiary alicyclic amines) is 1. The molecule has 8 heteroatoms. The Balaban J connectivity index is 1.57. The van der Waals surface area contributed by atoms with Gasteiger partial charge >= 0.3 is 0 Å². The van der Waals surface area contributed by atoms with Crippen LogP contribution in [0.15, 0.2) is 15.9 Å². The molecule has 0 radical (unpaired) electrons. The van der Waals surface area contributed by atoms with Gasteiger partial charge in [-0.05, 0) is 22.0 Å². The number of ether oxygens (including phenoxy) is 1. The van der Waals surface area contributed by atoms with Crippen LogP contribution in [0.1, 0.15) is 22.5 Å². The molecule has 1 saturated heterocycles. The lowest BCUT2D eigenvalue weighted by Gasteiger charge is -2.13. The first kappa shape index (κ1) is 16.1. The lowest BCUT2D eigenvalue weighted by Crippen LogP contribution is -2.33. The van der Waals surface area contributed by atoms with Gasteiger partial charge in [0.25, 0.3) is 5.91 Å². The number of amides is 3. The number of hydrogen-bond donors (Lipinski definition) is 1. The maximum absolute atomic E-state index is 11.7. The second-order valence-electron chi connectivity index (χ2n) is 4.44. The van der Waals surface area contributed by atoms with Crippen molar-refractivity contribution in [2.24, 2.45) is 0 Å². The van der Waals surface area contributed by atoms with Crippen LogP contribution in [0.3, 0.4) is 0 Å². The van der Waals surface area contributed by atoms with E-state index in [1.165, 1.54) is 16.2 Å². The summed E-state index contributed by atoms with van der Waals surface area (Å²) in [6.45, 7) is 1.30. The van der Waals surface area contributed by atoms with E-state index >= 15 is 0 Å². The third-order valence-electron chi connectivity index (χ3n) is 2.94. The highest BCUT2D eigenvalue weighted by Gasteiger charge is 2.28. The molecule has 0 aliphatic carbocycles. The van der Waals surface area contributed by atoms with Crippen LogP contribution in [-0.2, 0) is 14.3 Å². The standard InChI is InChI=1S/C13H15BrN2O4S/c14-9-7-10(21-8-9)13(19)15-3-5-20-6-4-16-11(17)1-2-12(16)18/h7-8H,1-6H2,(H,15,19). The largest absolute Gasteiger partial charge is 0.378 e. The van der Waals surface area contributed by atoms with Crippen LogP contribution < -0.4 is 5.32 Å². The molecule has 0 aromatic carbocycles. The molecular formula is C13H15BrN2O4S. The van der Waals surface area contributed by atoms with Crippen molar-refractivity contribution >= 4 is 45.0 Å². The summed E-state index contributed by atoms with van der Waals surface area (Å²) in [5.74, 6) is -0.417. The first-order chi connectivity index (χ1) is 10.1. The fourth-order valence-corrected chi connectivity index (χ4v) is 3.23. The third-order valence-corrected chi connectivity index (χ3v) is 4.63. The summed E-state index contributed by atoms with van der Waals surface area (Å²) in [5.41, 5.74) is 0. The molecule has 1 aromatic heterocycles. The summed E-state index contributed by atoms with van der Waals surface area (Å²) in [5, 5.41) is 4.58. The van der Waals surface area contributed by atoms with Crippen LogP contribution in [0.2, 0.25) is 0 Å². The second-order valence-corrected chi connectivity index (χ2v) is 6.26. The Bertz CT molecular complexity index is 530. The number of nitrogens with one attached hydrogen (secondary N) is 1. The monoisotopic (exact) mass is 374 g/mol. The van der Waals surface area contributed by atoms with Crippen LogP contribution in [0.25, 0.3) is 0 Å². The van der Waals surface area contributed by atoms with Gasteiger partial charge in [-0.25, -0.2) is 0 Å². The van der Waals surface area contributed by atoms with E-state index in [0.717, 1.165) is 4.47 Å². The topological polar surface area (TPSA) is 75.7 Å². The molecule has 21 heavy (non-hydrogen) atoms. The van der Waals surface area contributed by atoms with E-state index in [1.807, 2.05) is 5.38 Å². The highest BCUT2D eigenvalue weighted by Crippen LogP contribution is 2.19. The quantitative estimate of drug-likeness (QED) is 0.578. The average Bonchev–Trinajstić information content (AvgIpc) is 3.02. The molecule has 3 amide bonds. The van der Waals surface area contributed by atoms with Gasteiger partial charge < -0.3 is 10.1 Å². The number of carbonyl (C=O) groups is 3. The van der Waals surface area contributed by atoms with E-state index in [0.29, 0.717) is 30.9 Å². The number of nitrogens with zero attached hydrogens (tertiary/aromatic N) is 1. The van der Waals surface area contributed by atoms with Crippen molar-refractivity contribution in [1.29, 1.82) is 0 Å². The molecule has 2 heterocycles. The minimum Gasteiger partial charge on any atom is -0.378 e. The lowest BCUT2D eigenvalue weighted by atomic mass is 10.4. The lowest BCUT2D eigenvalue weighted by molar-refractivity contribution is -0.139. The van der Waals surface area contributed by atoms with Crippen LogP contribution >= 0.6 is 27.3 Å². The second kappa shape index (κ2) is 7.67. The summed E-state index contributed by atoms with van der Waals surface area (Å²) in [7, 11) is 0. The van der Waals surface area contributed by atoms with E-state index in [1.54, 1.807) is 6.07 Å². The van der Waals surface area contributed by atoms with Gasteiger partial charge in [0.1, 0.15) is 0 Å². The zero-order valence-electron chi connectivity index (χ0n) is 11.3. The van der Waals surface area contributed by atoms with E-state index in [2.05, 4.69) is 21.2 Å². The van der Waals surface area contributed by atoms with Crippen molar-refractivity contribution in [3.63, 3.8) is 0 Å². The smallest absolute Gasteiger partial charge is 0.261 e. The van der Waals surface area contributed by atoms with E-state index < -0.39 is 0 Å². The van der Waals surface area contributed by atoms with Gasteiger partial charge in [0, 0.05) is 29.2 Å². The minimum atomic E-state index is -0.140. The molecule has 1 aliphatic rings. The maximum Gasteiger partial charge on any atom is 0.261 e. The highest BCUT2D eigenvalue weighted by molar-refractivity contribution is 9.10. The predicted molar refractivity (Wildman–Crippen MR) is 81.1 cm³/mol. The van der Waals surface area contributed by atoms with Crippen LogP contribution in [0, 0.1) is 0 Å². The van der Waals surface area contributed by atoms with Gasteiger partial charge in [0.05, 0.1) is 24.6 Å². The van der Waals surface area contributed by atoms with Crippen LogP contribution in [-0.4, -0.2) is 48.9 Å². The normalized spacial score (nSPS) is 14.8. The van der Waals surface area contributed by atoms with Gasteiger partial charge in [-0.1, -0.05) is 0 Å². The Hall–Kier alpha value is -1.25. The molecule has 1 aliphatic heterocycles. The first-order valence-corrected chi connectivity index (χ1v) is 8.18. The molecule has 1 aromatic rings. The SMILES string of the molecule is O=C(NCCOCCN1C(=O)CCC1=O)c1cc(Br)cs1. The summed E-state index contributed by atoms with van der Waals surface area (Å²) in [4.78, 5) is 36.3. The summed E-state index contributed by atoms with van der Waals surface area (Å²) >= 11 is 4.65. The van der Waals surface area contributed by atoms with Crippen molar-refractivity contribution in [2.75, 3.05) is 26.3 Å². The van der Waals surface area contributed by atoms with Crippen LogP contribution in [0.4, 0.5) is 0 Å². The van der Waals surface area contributed by atoms with Crippen molar-refractivity contribution < 1.29 is 19.1 Å². The van der Waals surface area contributed by atoms with E-state index in [-0.39, 0.29) is 30.9 Å². The molecular weight excluding hydrogens is 360 g/mol. The number of imide groups is 1. The average molecular weight is 375 g/mol. The van der Waals surface area contributed by atoms with Crippen molar-refractivity contribution in [3.05, 3.63) is 20.8 Å². The Kier molecular flexibility index (Phi) is 5.89. The molecule has 0 bridgehead atoms. The van der Waals surface area contributed by atoms with Crippen LogP contribution in [0.5, 0.6) is 0 Å². The summed E-state index contributed by atoms with van der Waals surface area (Å²) < 4.78 is 6.20. The minimum absolute atomic E-state index is 0.139. The van der Waals surface area contributed by atoms with E-state index in [4.69, 9.17) is 4.74 Å². The number of carbonyl (C=O) groups excluding carboxylic acids is 3. The van der Waals surface area contributed by atoms with E-state index in [9.17, 15) is 14.4 Å². The Morgan fingerprint density at radius 2 is 2.05 bits per heavy atom. The number of rotatable bonds is 7. The van der Waals surface area contributed by atoms with Gasteiger partial charge in [-0.2, -0.15) is 0 Å². The van der Waals surface area contributed by atoms with Gasteiger partial charge in [0.15, 0.2) is 0 Å². The summed E-state index contributed by atoms with van der Waals surface area (Å²) in [6.07, 6.45) is 0.594. The fraction of sp³-hybridized carbons (Fsp3) is 0.462. The Labute approximate surface area is 134 Å². The summed E-state index contributed by atoms with van der Waals surface area (Å²) in [6, 6.07) is 1.76. The molecule has 1 N–H and O–H groups in total. The highest BCUT2D eigenvalue weighted by atomic mass is 79.9. The molecule has 0 unspecified atom stereocenters. The number of halogens is 1. The first-order valence-electron chi connectivity index (χ1n) is 6.51. The molecule has 2 rings (SSSR count). The van der Waals surface area contributed by atoms with Crippen molar-refractivity contribution in [3.8, 4) is 0 Å². The van der Waals surface area contributed by atoms with Gasteiger partial charge in [-0.3, -0.25) is 19.3 Å². The molecule has 114 valence electrons. The van der Waals surface area contributed by atoms with Crippen molar-refractivity contribution in [2.45, 2.75) is 12.8 Å². The van der Waals surface area contributed by atoms with Crippen molar-refractivity contribution in [1.82, 2.24) is 10.2 Å².